The quantitative estimate of drug-likeness (QED) is 0.506. The molecule has 0 unspecified atom stereocenters. The third-order valence-electron chi connectivity index (χ3n) is 5.02. The van der Waals surface area contributed by atoms with Crippen LogP contribution in [0, 0.1) is 5.92 Å². The van der Waals surface area contributed by atoms with Crippen molar-refractivity contribution in [2.24, 2.45) is 5.92 Å². The summed E-state index contributed by atoms with van der Waals surface area (Å²) in [6.45, 7) is 5.00. The van der Waals surface area contributed by atoms with Crippen LogP contribution in [0.25, 0.3) is 0 Å². The monoisotopic (exact) mass is 435 g/mol. The van der Waals surface area contributed by atoms with Crippen LogP contribution < -0.4 is 5.32 Å². The van der Waals surface area contributed by atoms with E-state index in [1.807, 2.05) is 60.5 Å². The van der Waals surface area contributed by atoms with Gasteiger partial charge < -0.3 is 10.2 Å². The number of anilines is 1. The van der Waals surface area contributed by atoms with Crippen LogP contribution in [-0.2, 0) is 28.9 Å². The highest BCUT2D eigenvalue weighted by molar-refractivity contribution is 7.13. The standard InChI is InChI=1S/C25H29N3O2S/c1-19(2)24(30)27-25-26-22(18-31-25)17-23(29)28(15-13-20-9-5-3-6-10-20)16-14-21-11-7-4-8-12-21/h3-12,18-19H,13-17H2,1-2H3,(H,26,27,30). The molecule has 1 heterocycles. The predicted molar refractivity (Wildman–Crippen MR) is 126 cm³/mol. The fraction of sp³-hybridized carbons (Fsp3) is 0.320. The first kappa shape index (κ1) is 22.7. The van der Waals surface area contributed by atoms with Gasteiger partial charge in [-0.2, -0.15) is 0 Å². The Balaban J connectivity index is 1.63. The first-order chi connectivity index (χ1) is 15.0. The van der Waals surface area contributed by atoms with Crippen LogP contribution in [0.2, 0.25) is 0 Å². The molecule has 0 saturated heterocycles. The van der Waals surface area contributed by atoms with Gasteiger partial charge in [-0.3, -0.25) is 9.59 Å². The number of nitrogens with one attached hydrogen (secondary N) is 1. The van der Waals surface area contributed by atoms with Gasteiger partial charge in [-0.1, -0.05) is 74.5 Å². The van der Waals surface area contributed by atoms with Crippen molar-refractivity contribution >= 4 is 28.3 Å². The molecule has 0 atom stereocenters. The van der Waals surface area contributed by atoms with Gasteiger partial charge in [-0.05, 0) is 24.0 Å². The second-order valence-electron chi connectivity index (χ2n) is 7.82. The van der Waals surface area contributed by atoms with E-state index in [0.717, 1.165) is 12.8 Å². The van der Waals surface area contributed by atoms with Gasteiger partial charge in [0, 0.05) is 24.4 Å². The fourth-order valence-electron chi connectivity index (χ4n) is 3.14. The molecule has 31 heavy (non-hydrogen) atoms. The fourth-order valence-corrected chi connectivity index (χ4v) is 3.85. The van der Waals surface area contributed by atoms with E-state index < -0.39 is 0 Å². The number of rotatable bonds is 10. The number of thiazole rings is 1. The number of hydrogen-bond donors (Lipinski definition) is 1. The number of benzene rings is 2. The van der Waals surface area contributed by atoms with Crippen LogP contribution >= 0.6 is 11.3 Å². The number of nitrogens with zero attached hydrogens (tertiary/aromatic N) is 2. The lowest BCUT2D eigenvalue weighted by atomic mass is 10.1. The number of carbonyl (C=O) groups excluding carboxylic acids is 2. The van der Waals surface area contributed by atoms with Gasteiger partial charge in [0.05, 0.1) is 12.1 Å². The van der Waals surface area contributed by atoms with Crippen molar-refractivity contribution in [1.29, 1.82) is 0 Å². The van der Waals surface area contributed by atoms with E-state index in [1.54, 1.807) is 0 Å². The maximum absolute atomic E-state index is 13.1. The highest BCUT2D eigenvalue weighted by Gasteiger charge is 2.17. The summed E-state index contributed by atoms with van der Waals surface area (Å²) in [5.74, 6) is -0.126. The summed E-state index contributed by atoms with van der Waals surface area (Å²) in [7, 11) is 0. The van der Waals surface area contributed by atoms with E-state index in [4.69, 9.17) is 0 Å². The van der Waals surface area contributed by atoms with E-state index in [2.05, 4.69) is 34.6 Å². The zero-order valence-electron chi connectivity index (χ0n) is 18.1. The normalized spacial score (nSPS) is 10.8. The molecule has 5 nitrogen and oxygen atoms in total. The summed E-state index contributed by atoms with van der Waals surface area (Å²) >= 11 is 1.36. The Morgan fingerprint density at radius 1 is 0.935 bits per heavy atom. The van der Waals surface area contributed by atoms with Crippen molar-refractivity contribution in [2.45, 2.75) is 33.1 Å². The van der Waals surface area contributed by atoms with E-state index in [1.165, 1.54) is 22.5 Å². The third-order valence-corrected chi connectivity index (χ3v) is 5.82. The van der Waals surface area contributed by atoms with Crippen LogP contribution in [0.5, 0.6) is 0 Å². The lowest BCUT2D eigenvalue weighted by molar-refractivity contribution is -0.130. The summed E-state index contributed by atoms with van der Waals surface area (Å²) < 4.78 is 0. The van der Waals surface area contributed by atoms with E-state index in [9.17, 15) is 9.59 Å². The molecular formula is C25H29N3O2S. The maximum Gasteiger partial charge on any atom is 0.228 e. The molecule has 0 aliphatic heterocycles. The molecule has 0 saturated carbocycles. The highest BCUT2D eigenvalue weighted by atomic mass is 32.1. The summed E-state index contributed by atoms with van der Waals surface area (Å²) in [5, 5.41) is 5.19. The van der Waals surface area contributed by atoms with Gasteiger partial charge in [-0.15, -0.1) is 11.3 Å². The summed E-state index contributed by atoms with van der Waals surface area (Å²) in [4.78, 5) is 31.3. The Kier molecular flexibility index (Phi) is 8.35. The van der Waals surface area contributed by atoms with Crippen molar-refractivity contribution in [2.75, 3.05) is 18.4 Å². The second kappa shape index (κ2) is 11.4. The van der Waals surface area contributed by atoms with Gasteiger partial charge in [-0.25, -0.2) is 4.98 Å². The minimum absolute atomic E-state index is 0.0545. The average molecular weight is 436 g/mol. The molecule has 3 rings (SSSR count). The molecule has 2 amide bonds. The first-order valence-corrected chi connectivity index (χ1v) is 11.5. The number of amides is 2. The zero-order valence-corrected chi connectivity index (χ0v) is 18.9. The Morgan fingerprint density at radius 3 is 2.00 bits per heavy atom. The van der Waals surface area contributed by atoms with Crippen molar-refractivity contribution < 1.29 is 9.59 Å². The van der Waals surface area contributed by atoms with Crippen LogP contribution in [0.1, 0.15) is 30.7 Å². The van der Waals surface area contributed by atoms with Crippen LogP contribution in [0.3, 0.4) is 0 Å². The molecule has 6 heteroatoms. The second-order valence-corrected chi connectivity index (χ2v) is 8.67. The number of aromatic nitrogens is 1. The number of hydrogen-bond acceptors (Lipinski definition) is 4. The molecule has 1 N–H and O–H groups in total. The summed E-state index contributed by atoms with van der Waals surface area (Å²) in [6, 6.07) is 20.4. The minimum atomic E-state index is -0.111. The summed E-state index contributed by atoms with van der Waals surface area (Å²) in [5.41, 5.74) is 3.12. The Labute approximate surface area is 188 Å². The van der Waals surface area contributed by atoms with Gasteiger partial charge in [0.15, 0.2) is 5.13 Å². The first-order valence-electron chi connectivity index (χ1n) is 10.6. The van der Waals surface area contributed by atoms with Crippen LogP contribution in [-0.4, -0.2) is 34.8 Å². The predicted octanol–water partition coefficient (Wildman–Crippen LogP) is 4.59. The molecular weight excluding hydrogens is 406 g/mol. The topological polar surface area (TPSA) is 62.3 Å². The molecule has 0 fully saturated rings. The van der Waals surface area contributed by atoms with Gasteiger partial charge in [0.1, 0.15) is 0 Å². The lowest BCUT2D eigenvalue weighted by Gasteiger charge is -2.23. The maximum atomic E-state index is 13.1. The van der Waals surface area contributed by atoms with Crippen molar-refractivity contribution in [3.8, 4) is 0 Å². The van der Waals surface area contributed by atoms with Gasteiger partial charge in [0.25, 0.3) is 0 Å². The molecule has 0 radical (unpaired) electrons. The van der Waals surface area contributed by atoms with Crippen LogP contribution in [0.4, 0.5) is 5.13 Å². The molecule has 2 aromatic carbocycles. The third kappa shape index (κ3) is 7.33. The molecule has 0 bridgehead atoms. The van der Waals surface area contributed by atoms with Crippen molar-refractivity contribution in [3.05, 3.63) is 82.9 Å². The highest BCUT2D eigenvalue weighted by Crippen LogP contribution is 2.17. The Hall–Kier alpha value is -2.99. The van der Waals surface area contributed by atoms with E-state index in [0.29, 0.717) is 23.9 Å². The molecule has 0 aliphatic rings. The average Bonchev–Trinajstić information content (AvgIpc) is 3.21. The van der Waals surface area contributed by atoms with E-state index >= 15 is 0 Å². The van der Waals surface area contributed by atoms with Gasteiger partial charge >= 0.3 is 0 Å². The largest absolute Gasteiger partial charge is 0.342 e. The van der Waals surface area contributed by atoms with Crippen molar-refractivity contribution in [3.63, 3.8) is 0 Å². The van der Waals surface area contributed by atoms with E-state index in [-0.39, 0.29) is 24.2 Å². The molecule has 162 valence electrons. The molecule has 0 spiro atoms. The Bertz CT molecular complexity index is 927. The lowest BCUT2D eigenvalue weighted by Crippen LogP contribution is -2.36. The molecule has 0 aliphatic carbocycles. The smallest absolute Gasteiger partial charge is 0.228 e. The van der Waals surface area contributed by atoms with Crippen molar-refractivity contribution in [1.82, 2.24) is 9.88 Å². The molecule has 3 aromatic rings. The molecule has 1 aromatic heterocycles. The number of carbonyl (C=O) groups is 2. The van der Waals surface area contributed by atoms with Gasteiger partial charge in [0.2, 0.25) is 11.8 Å². The Morgan fingerprint density at radius 2 is 1.48 bits per heavy atom. The SMILES string of the molecule is CC(C)C(=O)Nc1nc(CC(=O)N(CCc2ccccc2)CCc2ccccc2)cs1. The minimum Gasteiger partial charge on any atom is -0.342 e. The summed E-state index contributed by atoms with van der Waals surface area (Å²) in [6.07, 6.45) is 1.86. The zero-order chi connectivity index (χ0) is 22.1. The van der Waals surface area contributed by atoms with Crippen LogP contribution in [0.15, 0.2) is 66.0 Å².